The molecule has 12 heterocycles. The number of aromatic nitrogens is 14. The lowest BCUT2D eigenvalue weighted by Gasteiger charge is -2.34. The van der Waals surface area contributed by atoms with Crippen molar-refractivity contribution < 1.29 is 38.1 Å². The van der Waals surface area contributed by atoms with Crippen LogP contribution < -0.4 is 32.4 Å². The summed E-state index contributed by atoms with van der Waals surface area (Å²) in [7, 11) is 0. The van der Waals surface area contributed by atoms with Gasteiger partial charge in [-0.15, -0.1) is 0 Å². The number of aryl methyl sites for hydroxylation is 2. The van der Waals surface area contributed by atoms with Crippen molar-refractivity contribution in [3.63, 3.8) is 0 Å². The first-order chi connectivity index (χ1) is 56.1. The highest BCUT2D eigenvalue weighted by Crippen LogP contribution is 2.36. The predicted octanol–water partition coefficient (Wildman–Crippen LogP) is 10.6. The average Bonchev–Trinajstić information content (AvgIpc) is 1.68. The highest BCUT2D eigenvalue weighted by molar-refractivity contribution is 6.00. The fourth-order valence-electron chi connectivity index (χ4n) is 14.1. The van der Waals surface area contributed by atoms with E-state index in [1.54, 1.807) is 73.9 Å². The number of H-pyrrole nitrogens is 3. The van der Waals surface area contributed by atoms with Gasteiger partial charge in [0.2, 0.25) is 17.8 Å². The largest absolute Gasteiger partial charge is 0.450 e. The van der Waals surface area contributed by atoms with Gasteiger partial charge in [0.1, 0.15) is 17.5 Å². The quantitative estimate of drug-likeness (QED) is 0.0351. The zero-order valence-electron chi connectivity index (χ0n) is 64.6. The van der Waals surface area contributed by atoms with Crippen molar-refractivity contribution in [2.45, 2.75) is 54.3 Å². The van der Waals surface area contributed by atoms with Gasteiger partial charge in [0.15, 0.2) is 5.82 Å². The third-order valence-corrected chi connectivity index (χ3v) is 19.8. The Bertz CT molecular complexity index is 5450. The van der Waals surface area contributed by atoms with Crippen LogP contribution in [0.5, 0.6) is 0 Å². The normalized spacial score (nSPS) is 14.0. The minimum absolute atomic E-state index is 0.0362. The Balaban J connectivity index is 0.000000143. The number of hydrogen-bond donors (Lipinski definition) is 7. The molecule has 3 aliphatic rings. The van der Waals surface area contributed by atoms with E-state index in [0.29, 0.717) is 83.3 Å². The third kappa shape index (κ3) is 19.5. The number of anilines is 3. The van der Waals surface area contributed by atoms with Crippen LogP contribution in [0.25, 0.3) is 94.9 Å². The summed E-state index contributed by atoms with van der Waals surface area (Å²) < 4.78 is 26.2. The molecule has 0 aliphatic carbocycles. The molecular formula is C83H90N22O10. The van der Waals surface area contributed by atoms with Crippen molar-refractivity contribution in [3.05, 3.63) is 214 Å². The van der Waals surface area contributed by atoms with E-state index in [1.807, 2.05) is 138 Å². The summed E-state index contributed by atoms with van der Waals surface area (Å²) in [4.78, 5) is 130. The SMILES string of the molecule is CCNC(=O)Nc1nc2c(-c3ccccn3)cc(-c3cc(C)n(CCN4CCOCC4)c(=O)c3)cc2[nH]1.CCOC(=O)Nc1nc2c(-c3ccccn3)cc(-c3cc(C)n(CCN4CCOCC4)c(=O)c3)cc2[nH]1.CCOC(=O)Nc1nc2c(-c3ncccn3)cc(-n3cnc(C(=O)N4CCN(Cc5ccccc5)CC4)c3)cc2[nH]1. The molecule has 32 nitrogen and oxygen atoms in total. The minimum atomic E-state index is -0.608. The first kappa shape index (κ1) is 78.5. The number of pyridine rings is 4. The highest BCUT2D eigenvalue weighted by atomic mass is 16.6. The molecule has 7 N–H and O–H groups in total. The van der Waals surface area contributed by atoms with Crippen molar-refractivity contribution in [2.75, 3.05) is 128 Å². The Morgan fingerprint density at radius 2 is 0.957 bits per heavy atom. The molecule has 9 aromatic heterocycles. The summed E-state index contributed by atoms with van der Waals surface area (Å²) >= 11 is 0. The van der Waals surface area contributed by atoms with Crippen LogP contribution >= 0.6 is 0 Å². The molecule has 0 spiro atoms. The van der Waals surface area contributed by atoms with Crippen molar-refractivity contribution in [1.82, 2.24) is 93.4 Å². The Hall–Kier alpha value is -13.1. The Morgan fingerprint density at radius 1 is 0.478 bits per heavy atom. The molecular weight excluding hydrogens is 1470 g/mol. The van der Waals surface area contributed by atoms with E-state index < -0.39 is 12.2 Å². The number of benzene rings is 4. The number of fused-ring (bicyclic) bond motifs is 3. The van der Waals surface area contributed by atoms with E-state index in [-0.39, 0.29) is 48.2 Å². The maximum Gasteiger partial charge on any atom is 0.413 e. The van der Waals surface area contributed by atoms with Gasteiger partial charge in [0.25, 0.3) is 17.0 Å². The Morgan fingerprint density at radius 3 is 1.44 bits per heavy atom. The van der Waals surface area contributed by atoms with Crippen molar-refractivity contribution in [1.29, 1.82) is 0 Å². The Labute approximate surface area is 661 Å². The first-order valence-corrected chi connectivity index (χ1v) is 38.4. The van der Waals surface area contributed by atoms with E-state index in [9.17, 15) is 28.8 Å². The molecule has 3 aliphatic heterocycles. The molecule has 32 heteroatoms. The number of carbonyl (C=O) groups is 4. The van der Waals surface area contributed by atoms with E-state index >= 15 is 0 Å². The number of carbonyl (C=O) groups excluding carboxylic acids is 4. The van der Waals surface area contributed by atoms with Crippen molar-refractivity contribution in [3.8, 4) is 61.8 Å². The van der Waals surface area contributed by atoms with E-state index in [1.165, 1.54) is 5.56 Å². The van der Waals surface area contributed by atoms with Crippen LogP contribution in [0.4, 0.5) is 32.2 Å². The number of piperazine rings is 1. The predicted molar refractivity (Wildman–Crippen MR) is 438 cm³/mol. The zero-order valence-corrected chi connectivity index (χ0v) is 64.6. The van der Waals surface area contributed by atoms with Crippen molar-refractivity contribution in [2.24, 2.45) is 0 Å². The first-order valence-electron chi connectivity index (χ1n) is 38.4. The van der Waals surface area contributed by atoms with Gasteiger partial charge in [-0.05, 0) is 141 Å². The smallest absolute Gasteiger partial charge is 0.413 e. The lowest BCUT2D eigenvalue weighted by atomic mass is 10.00. The summed E-state index contributed by atoms with van der Waals surface area (Å²) in [6, 6.07) is 42.1. The maximum absolute atomic E-state index is 13.3. The molecule has 0 unspecified atom stereocenters. The number of imidazole rings is 4. The topological polar surface area (TPSA) is 366 Å². The maximum atomic E-state index is 13.3. The van der Waals surface area contributed by atoms with Gasteiger partial charge in [-0.25, -0.2) is 44.3 Å². The molecule has 0 radical (unpaired) electrons. The molecule has 3 saturated heterocycles. The summed E-state index contributed by atoms with van der Waals surface area (Å²) in [6.45, 7) is 23.4. The van der Waals surface area contributed by atoms with Gasteiger partial charge in [0, 0.05) is 169 Å². The number of nitrogens with zero attached hydrogens (tertiary/aromatic N) is 15. The molecule has 592 valence electrons. The fraction of sp³-hybridized carbons (Fsp3) is 0.301. The van der Waals surface area contributed by atoms with Gasteiger partial charge in [-0.1, -0.05) is 42.5 Å². The minimum Gasteiger partial charge on any atom is -0.450 e. The lowest BCUT2D eigenvalue weighted by Crippen LogP contribution is -2.48. The number of nitrogens with one attached hydrogen (secondary N) is 7. The van der Waals surface area contributed by atoms with Crippen molar-refractivity contribution >= 4 is 75.1 Å². The molecule has 0 atom stereocenters. The highest BCUT2D eigenvalue weighted by Gasteiger charge is 2.26. The van der Waals surface area contributed by atoms with Crippen LogP contribution in [-0.4, -0.2) is 224 Å². The molecule has 4 aromatic carbocycles. The average molecular weight is 1560 g/mol. The monoisotopic (exact) mass is 1550 g/mol. The van der Waals surface area contributed by atoms with Gasteiger partial charge in [0.05, 0.1) is 78.6 Å². The number of ether oxygens (including phenoxy) is 4. The van der Waals surface area contributed by atoms with Gasteiger partial charge in [-0.3, -0.25) is 55.0 Å². The summed E-state index contributed by atoms with van der Waals surface area (Å²) in [6.07, 6.45) is 8.90. The third-order valence-electron chi connectivity index (χ3n) is 19.8. The van der Waals surface area contributed by atoms with Crippen LogP contribution in [0.1, 0.15) is 48.2 Å². The lowest BCUT2D eigenvalue weighted by molar-refractivity contribution is 0.0361. The zero-order chi connectivity index (χ0) is 79.7. The molecule has 13 aromatic rings. The molecule has 16 rings (SSSR count). The van der Waals surface area contributed by atoms with Crippen LogP contribution in [0.15, 0.2) is 180 Å². The fourth-order valence-corrected chi connectivity index (χ4v) is 14.1. The molecule has 0 bridgehead atoms. The standard InChI is InChI=1S/C29H29N9O3.C27H31N7O3.C27H30N6O4/c1-2-41-29(40)35-28-33-23-16-21(15-22(25(23)34-28)26-30-9-6-10-31-26)38-18-24(32-19-38)27(39)37-13-11-36(12-14-37)17-20-7-4-3-5-8-20;1-3-28-27(36)32-26-30-23-16-20(15-21(25(23)31-26)22-6-4-5-7-29-22)19-14-18(2)34(24(35)17-19)9-8-33-10-12-37-13-11-33;1-3-37-27(35)31-26-29-23-16-20(15-21(25(23)30-26)22-6-4-5-7-28-22)19-14-18(2)33(24(34)17-19)9-8-32-10-12-36-13-11-32/h3-10,15-16,18-19H,2,11-14,17H2,1H3,(H2,33,34,35,40);4-7,14-17H,3,8-13H2,1-2H3,(H3,28,30,31,32,36);4-7,14-17H,3,8-13H2,1-2H3,(H2,29,30,31,35). The van der Waals surface area contributed by atoms with Crippen LogP contribution in [0, 0.1) is 13.8 Å². The summed E-state index contributed by atoms with van der Waals surface area (Å²) in [5.74, 6) is 1.22. The second-order valence-corrected chi connectivity index (χ2v) is 27.5. The number of urea groups is 1. The Kier molecular flexibility index (Phi) is 25.3. The van der Waals surface area contributed by atoms with Gasteiger partial charge in [-0.2, -0.15) is 0 Å². The number of rotatable bonds is 21. The molecule has 115 heavy (non-hydrogen) atoms. The summed E-state index contributed by atoms with van der Waals surface area (Å²) in [5, 5.41) is 10.7. The molecule has 3 fully saturated rings. The van der Waals surface area contributed by atoms with E-state index in [4.69, 9.17) is 18.9 Å². The van der Waals surface area contributed by atoms with E-state index in [0.717, 1.165) is 153 Å². The van der Waals surface area contributed by atoms with Gasteiger partial charge < -0.3 is 57.8 Å². The second-order valence-electron chi connectivity index (χ2n) is 27.5. The summed E-state index contributed by atoms with van der Waals surface area (Å²) in [5.41, 5.74) is 15.2. The number of amides is 5. The number of aromatic amines is 3. The van der Waals surface area contributed by atoms with Gasteiger partial charge >= 0.3 is 18.2 Å². The second kappa shape index (κ2) is 37.0. The van der Waals surface area contributed by atoms with Crippen LogP contribution in [-0.2, 0) is 38.6 Å². The number of morpholine rings is 2. The number of hydrogen-bond acceptors (Lipinski definition) is 21. The van der Waals surface area contributed by atoms with Crippen LogP contribution in [0.3, 0.4) is 0 Å². The van der Waals surface area contributed by atoms with Crippen LogP contribution in [0.2, 0.25) is 0 Å². The molecule has 0 saturated carbocycles. The molecule has 5 amide bonds. The van der Waals surface area contributed by atoms with E-state index in [2.05, 4.69) is 103 Å².